The van der Waals surface area contributed by atoms with Crippen LogP contribution in [0.4, 0.5) is 0 Å². The topological polar surface area (TPSA) is 32.3 Å². The van der Waals surface area contributed by atoms with Gasteiger partial charge in [0.05, 0.1) is 5.60 Å². The van der Waals surface area contributed by atoms with E-state index in [1.54, 1.807) is 0 Å². The van der Waals surface area contributed by atoms with Gasteiger partial charge >= 0.3 is 0 Å². The number of hydrogen-bond acceptors (Lipinski definition) is 3. The second-order valence-corrected chi connectivity index (χ2v) is 6.63. The van der Waals surface area contributed by atoms with E-state index in [9.17, 15) is 5.11 Å². The van der Waals surface area contributed by atoms with Gasteiger partial charge in [-0.05, 0) is 31.9 Å². The van der Waals surface area contributed by atoms with Crippen LogP contribution in [0, 0.1) is 5.92 Å². The van der Waals surface area contributed by atoms with E-state index < -0.39 is 5.60 Å². The third-order valence-electron chi connectivity index (χ3n) is 3.87. The summed E-state index contributed by atoms with van der Waals surface area (Å²) in [6.45, 7) is 7.78. The van der Waals surface area contributed by atoms with Gasteiger partial charge in [-0.15, -0.1) is 0 Å². The lowest BCUT2D eigenvalue weighted by Gasteiger charge is -2.41. The Hall–Kier alpha value is 0.270. The maximum absolute atomic E-state index is 10.1. The minimum absolute atomic E-state index is 0.302. The van der Waals surface area contributed by atoms with E-state index in [2.05, 4.69) is 25.4 Å². The van der Waals surface area contributed by atoms with Gasteiger partial charge in [-0.25, -0.2) is 0 Å². The summed E-state index contributed by atoms with van der Waals surface area (Å²) in [6, 6.07) is 0. The highest BCUT2D eigenvalue weighted by atomic mass is 32.2. The summed E-state index contributed by atoms with van der Waals surface area (Å²) < 4.78 is 0.465. The lowest BCUT2D eigenvalue weighted by atomic mass is 9.84. The van der Waals surface area contributed by atoms with E-state index in [1.807, 2.05) is 18.7 Å². The third kappa shape index (κ3) is 3.36. The van der Waals surface area contributed by atoms with Crippen LogP contribution in [-0.4, -0.2) is 34.8 Å². The lowest BCUT2D eigenvalue weighted by Crippen LogP contribution is -2.49. The van der Waals surface area contributed by atoms with Gasteiger partial charge in [-0.2, -0.15) is 11.8 Å². The minimum Gasteiger partial charge on any atom is -0.389 e. The van der Waals surface area contributed by atoms with Gasteiger partial charge in [-0.1, -0.05) is 20.3 Å². The van der Waals surface area contributed by atoms with Gasteiger partial charge in [-0.3, -0.25) is 0 Å². The summed E-state index contributed by atoms with van der Waals surface area (Å²) in [5.74, 6) is 0.302. The lowest BCUT2D eigenvalue weighted by molar-refractivity contribution is 0.0133. The zero-order chi connectivity index (χ0) is 11.5. The van der Waals surface area contributed by atoms with Gasteiger partial charge in [0.1, 0.15) is 0 Å². The second kappa shape index (κ2) is 5.07. The van der Waals surface area contributed by atoms with Crippen LogP contribution >= 0.6 is 11.8 Å². The quantitative estimate of drug-likeness (QED) is 0.735. The molecule has 15 heavy (non-hydrogen) atoms. The summed E-state index contributed by atoms with van der Waals surface area (Å²) in [7, 11) is 0. The highest BCUT2D eigenvalue weighted by Gasteiger charge is 2.36. The summed E-state index contributed by atoms with van der Waals surface area (Å²) >= 11 is 1.97. The first-order chi connectivity index (χ1) is 6.92. The molecule has 1 atom stereocenters. The number of rotatable bonds is 6. The Balaban J connectivity index is 2.26. The van der Waals surface area contributed by atoms with Crippen LogP contribution < -0.4 is 5.32 Å². The molecule has 1 unspecified atom stereocenters. The average molecular weight is 231 g/mol. The largest absolute Gasteiger partial charge is 0.389 e. The number of thioether (sulfide) groups is 1. The first-order valence-corrected chi connectivity index (χ1v) is 7.13. The van der Waals surface area contributed by atoms with Crippen molar-refractivity contribution >= 4 is 11.8 Å². The van der Waals surface area contributed by atoms with Crippen molar-refractivity contribution in [3.05, 3.63) is 0 Å². The molecule has 1 fully saturated rings. The Kier molecular flexibility index (Phi) is 4.50. The fourth-order valence-electron chi connectivity index (χ4n) is 1.77. The zero-order valence-corrected chi connectivity index (χ0v) is 11.3. The van der Waals surface area contributed by atoms with Crippen LogP contribution in [-0.2, 0) is 0 Å². The van der Waals surface area contributed by atoms with E-state index in [1.165, 1.54) is 19.3 Å². The van der Waals surface area contributed by atoms with Gasteiger partial charge in [0.15, 0.2) is 0 Å². The smallest absolute Gasteiger partial charge is 0.0766 e. The predicted molar refractivity (Wildman–Crippen MR) is 68.4 cm³/mol. The number of nitrogens with one attached hydrogen (secondary N) is 1. The maximum Gasteiger partial charge on any atom is 0.0766 e. The molecule has 0 aromatic heterocycles. The Bertz CT molecular complexity index is 192. The van der Waals surface area contributed by atoms with Gasteiger partial charge < -0.3 is 10.4 Å². The van der Waals surface area contributed by atoms with Crippen molar-refractivity contribution in [2.45, 2.75) is 50.4 Å². The number of aliphatic hydroxyl groups is 1. The van der Waals surface area contributed by atoms with Crippen LogP contribution in [0.15, 0.2) is 0 Å². The van der Waals surface area contributed by atoms with E-state index in [0.717, 1.165) is 6.54 Å². The summed E-state index contributed by atoms with van der Waals surface area (Å²) in [5, 5.41) is 13.5. The fraction of sp³-hybridized carbons (Fsp3) is 1.00. The molecule has 0 heterocycles. The highest BCUT2D eigenvalue weighted by molar-refractivity contribution is 8.00. The summed E-state index contributed by atoms with van der Waals surface area (Å²) in [4.78, 5) is 0. The van der Waals surface area contributed by atoms with Crippen LogP contribution in [0.2, 0.25) is 0 Å². The molecule has 0 aromatic rings. The van der Waals surface area contributed by atoms with E-state index in [0.29, 0.717) is 17.2 Å². The third-order valence-corrected chi connectivity index (χ3v) is 5.29. The van der Waals surface area contributed by atoms with Crippen LogP contribution in [0.25, 0.3) is 0 Å². The normalized spacial score (nSPS) is 23.6. The molecule has 1 saturated carbocycles. The van der Waals surface area contributed by atoms with Crippen LogP contribution in [0.5, 0.6) is 0 Å². The molecule has 0 aliphatic heterocycles. The van der Waals surface area contributed by atoms with E-state index in [4.69, 9.17) is 0 Å². The molecular formula is C12H25NOS. The predicted octanol–water partition coefficient (Wildman–Crippen LogP) is 2.27. The zero-order valence-electron chi connectivity index (χ0n) is 10.5. The van der Waals surface area contributed by atoms with Crippen molar-refractivity contribution in [3.63, 3.8) is 0 Å². The van der Waals surface area contributed by atoms with Crippen molar-refractivity contribution in [1.29, 1.82) is 0 Å². The molecule has 0 saturated heterocycles. The number of hydrogen-bond donors (Lipinski definition) is 2. The van der Waals surface area contributed by atoms with Gasteiger partial charge in [0, 0.05) is 17.8 Å². The van der Waals surface area contributed by atoms with Crippen LogP contribution in [0.1, 0.15) is 40.0 Å². The molecule has 0 radical (unpaired) electrons. The van der Waals surface area contributed by atoms with Crippen LogP contribution in [0.3, 0.4) is 0 Å². The van der Waals surface area contributed by atoms with Crippen molar-refractivity contribution in [3.8, 4) is 0 Å². The average Bonchev–Trinajstić information content (AvgIpc) is 2.09. The molecule has 0 aromatic carbocycles. The Morgan fingerprint density at radius 2 is 2.07 bits per heavy atom. The molecule has 1 aliphatic carbocycles. The van der Waals surface area contributed by atoms with Crippen molar-refractivity contribution in [2.24, 2.45) is 5.92 Å². The molecule has 2 nitrogen and oxygen atoms in total. The maximum atomic E-state index is 10.1. The molecule has 1 aliphatic rings. The molecule has 3 heteroatoms. The van der Waals surface area contributed by atoms with E-state index in [-0.39, 0.29) is 0 Å². The minimum atomic E-state index is -0.580. The fourth-order valence-corrected chi connectivity index (χ4v) is 2.72. The van der Waals surface area contributed by atoms with E-state index >= 15 is 0 Å². The summed E-state index contributed by atoms with van der Waals surface area (Å²) in [5.41, 5.74) is -0.580. The molecule has 0 spiro atoms. The first kappa shape index (κ1) is 13.3. The standard InChI is InChI=1S/C12H25NOS/c1-10(2)11(3,14)8-13-9-12(15-4)6-5-7-12/h10,13-14H,5-9H2,1-4H3. The Labute approximate surface area is 98.2 Å². The highest BCUT2D eigenvalue weighted by Crippen LogP contribution is 2.42. The molecule has 90 valence electrons. The van der Waals surface area contributed by atoms with Crippen molar-refractivity contribution in [1.82, 2.24) is 5.32 Å². The second-order valence-electron chi connectivity index (χ2n) is 5.36. The summed E-state index contributed by atoms with van der Waals surface area (Å²) in [6.07, 6.45) is 6.21. The molecule has 0 amide bonds. The molecule has 1 rings (SSSR count). The first-order valence-electron chi connectivity index (χ1n) is 5.90. The van der Waals surface area contributed by atoms with Crippen molar-refractivity contribution in [2.75, 3.05) is 19.3 Å². The van der Waals surface area contributed by atoms with Crippen molar-refractivity contribution < 1.29 is 5.11 Å². The Morgan fingerprint density at radius 3 is 2.40 bits per heavy atom. The Morgan fingerprint density at radius 1 is 1.47 bits per heavy atom. The van der Waals surface area contributed by atoms with Gasteiger partial charge in [0.25, 0.3) is 0 Å². The van der Waals surface area contributed by atoms with Gasteiger partial charge in [0.2, 0.25) is 0 Å². The monoisotopic (exact) mass is 231 g/mol. The SMILES string of the molecule is CSC1(CNCC(C)(O)C(C)C)CCC1. The molecular weight excluding hydrogens is 206 g/mol. The molecule has 0 bridgehead atoms. The molecule has 2 N–H and O–H groups in total.